The van der Waals surface area contributed by atoms with E-state index in [1.165, 1.54) is 23.6 Å². The number of carboxylic acids is 1. The predicted octanol–water partition coefficient (Wildman–Crippen LogP) is 1.69. The van der Waals surface area contributed by atoms with E-state index in [9.17, 15) is 14.7 Å². The van der Waals surface area contributed by atoms with Gasteiger partial charge in [0.1, 0.15) is 6.61 Å². The molecule has 0 aliphatic heterocycles. The van der Waals surface area contributed by atoms with Crippen molar-refractivity contribution in [3.8, 4) is 11.5 Å². The molecule has 1 heterocycles. The Labute approximate surface area is 152 Å². The zero-order valence-electron chi connectivity index (χ0n) is 13.2. The summed E-state index contributed by atoms with van der Waals surface area (Å²) in [6.45, 7) is 1.44. The van der Waals surface area contributed by atoms with Crippen LogP contribution in [0.4, 0.5) is 0 Å². The summed E-state index contributed by atoms with van der Waals surface area (Å²) in [6.07, 6.45) is 1.39. The first-order valence-electron chi connectivity index (χ1n) is 7.17. The normalized spacial score (nSPS) is 10.6. The number of aliphatic carboxylic acids is 1. The van der Waals surface area contributed by atoms with Gasteiger partial charge < -0.3 is 19.4 Å². The Morgan fingerprint density at radius 1 is 1.40 bits per heavy atom. The third-order valence-corrected chi connectivity index (χ3v) is 3.94. The van der Waals surface area contributed by atoms with Gasteiger partial charge in [-0.25, -0.2) is 5.43 Å². The Morgan fingerprint density at radius 2 is 2.20 bits per heavy atom. The van der Waals surface area contributed by atoms with E-state index in [0.717, 1.165) is 0 Å². The number of hydrazone groups is 1. The molecule has 0 radical (unpaired) electrons. The number of hydrogen-bond acceptors (Lipinski definition) is 7. The van der Waals surface area contributed by atoms with Crippen LogP contribution in [0.5, 0.6) is 11.5 Å². The third-order valence-electron chi connectivity index (χ3n) is 2.79. The minimum Gasteiger partial charge on any atom is -0.546 e. The lowest BCUT2D eigenvalue weighted by Crippen LogP contribution is -2.29. The largest absolute Gasteiger partial charge is 0.546 e. The smallest absolute Gasteiger partial charge is 0.281 e. The molecule has 0 spiro atoms. The molecule has 0 unspecified atom stereocenters. The number of rotatable bonds is 8. The third kappa shape index (κ3) is 5.47. The van der Waals surface area contributed by atoms with Gasteiger partial charge in [0.25, 0.3) is 5.91 Å². The number of carboxylic acid groups (broad SMARTS) is 1. The zero-order chi connectivity index (χ0) is 18.2. The van der Waals surface area contributed by atoms with Gasteiger partial charge in [-0.05, 0) is 36.1 Å². The predicted molar refractivity (Wildman–Crippen MR) is 92.5 cm³/mol. The molecule has 132 valence electrons. The molecule has 0 bridgehead atoms. The lowest BCUT2D eigenvalue weighted by Gasteiger charge is -2.14. The molecule has 0 aliphatic carbocycles. The molecule has 2 rings (SSSR count). The summed E-state index contributed by atoms with van der Waals surface area (Å²) < 4.78 is 10.5. The van der Waals surface area contributed by atoms with Gasteiger partial charge in [-0.2, -0.15) is 5.10 Å². The van der Waals surface area contributed by atoms with E-state index in [4.69, 9.17) is 21.1 Å². The Balaban J connectivity index is 2.13. The van der Waals surface area contributed by atoms with Crippen LogP contribution < -0.4 is 20.0 Å². The van der Waals surface area contributed by atoms with Crippen molar-refractivity contribution in [1.29, 1.82) is 0 Å². The Morgan fingerprint density at radius 3 is 2.84 bits per heavy atom. The molecule has 9 heteroatoms. The summed E-state index contributed by atoms with van der Waals surface area (Å²) in [4.78, 5) is 22.9. The molecular formula is C16H14ClN2O5S-. The van der Waals surface area contributed by atoms with Gasteiger partial charge in [-0.3, -0.25) is 4.79 Å². The number of benzene rings is 1. The van der Waals surface area contributed by atoms with Crippen LogP contribution >= 0.6 is 22.9 Å². The number of ether oxygens (including phenoxy) is 2. The van der Waals surface area contributed by atoms with E-state index < -0.39 is 12.6 Å². The Hall–Kier alpha value is -2.58. The Bertz CT molecular complexity index is 777. The topological polar surface area (TPSA) is 100 Å². The summed E-state index contributed by atoms with van der Waals surface area (Å²) in [6, 6.07) is 6.53. The monoisotopic (exact) mass is 381 g/mol. The highest BCUT2D eigenvalue weighted by atomic mass is 35.5. The molecule has 25 heavy (non-hydrogen) atoms. The van der Waals surface area contributed by atoms with Crippen LogP contribution in [-0.4, -0.2) is 31.3 Å². The van der Waals surface area contributed by atoms with Gasteiger partial charge in [-0.15, -0.1) is 11.3 Å². The molecule has 1 amide bonds. The van der Waals surface area contributed by atoms with E-state index in [2.05, 4.69) is 10.5 Å². The van der Waals surface area contributed by atoms with Crippen molar-refractivity contribution in [2.75, 3.05) is 13.2 Å². The quantitative estimate of drug-likeness (QED) is 0.554. The van der Waals surface area contributed by atoms with Gasteiger partial charge in [0.2, 0.25) is 0 Å². The number of nitrogens with one attached hydrogen (secondary N) is 1. The summed E-state index contributed by atoms with van der Waals surface area (Å²) in [5, 5.41) is 16.3. The average molecular weight is 382 g/mol. The lowest BCUT2D eigenvalue weighted by molar-refractivity contribution is -0.307. The van der Waals surface area contributed by atoms with E-state index in [1.807, 2.05) is 0 Å². The van der Waals surface area contributed by atoms with Crippen LogP contribution in [-0.2, 0) is 4.79 Å². The first kappa shape index (κ1) is 18.8. The van der Waals surface area contributed by atoms with Crippen LogP contribution in [0.2, 0.25) is 5.02 Å². The van der Waals surface area contributed by atoms with Crippen LogP contribution in [0.15, 0.2) is 34.7 Å². The van der Waals surface area contributed by atoms with Crippen LogP contribution in [0, 0.1) is 0 Å². The minimum atomic E-state index is -1.37. The highest BCUT2D eigenvalue weighted by molar-refractivity contribution is 7.12. The van der Waals surface area contributed by atoms with E-state index >= 15 is 0 Å². The molecule has 0 aliphatic rings. The summed E-state index contributed by atoms with van der Waals surface area (Å²) in [5.41, 5.74) is 2.94. The maximum atomic E-state index is 11.8. The molecule has 0 saturated heterocycles. The van der Waals surface area contributed by atoms with E-state index in [0.29, 0.717) is 17.0 Å². The number of halogens is 1. The van der Waals surface area contributed by atoms with Crippen LogP contribution in [0.1, 0.15) is 22.2 Å². The van der Waals surface area contributed by atoms with Crippen molar-refractivity contribution in [2.24, 2.45) is 5.10 Å². The van der Waals surface area contributed by atoms with Crippen molar-refractivity contribution in [2.45, 2.75) is 6.92 Å². The SMILES string of the molecule is CCOc1cc(/C=N\NC(=O)c2cccs2)cc(Cl)c1OCC(=O)[O-]. The highest BCUT2D eigenvalue weighted by Gasteiger charge is 2.12. The van der Waals surface area contributed by atoms with Crippen LogP contribution in [0.25, 0.3) is 0 Å². The summed E-state index contributed by atoms with van der Waals surface area (Å²) in [7, 11) is 0. The fourth-order valence-electron chi connectivity index (χ4n) is 1.82. The second-order valence-corrected chi connectivity index (χ2v) is 5.96. The van der Waals surface area contributed by atoms with Gasteiger partial charge in [0.05, 0.1) is 28.7 Å². The maximum absolute atomic E-state index is 11.8. The van der Waals surface area contributed by atoms with E-state index in [1.54, 1.807) is 30.5 Å². The molecule has 2 aromatic rings. The standard InChI is InChI=1S/C16H15ClN2O5S/c1-2-23-12-7-10(6-11(17)15(12)24-9-14(20)21)8-18-19-16(22)13-4-3-5-25-13/h3-8H,2,9H2,1H3,(H,19,22)(H,20,21)/p-1/b18-8-. The average Bonchev–Trinajstić information content (AvgIpc) is 3.08. The van der Waals surface area contributed by atoms with Gasteiger partial charge >= 0.3 is 0 Å². The molecule has 1 aromatic heterocycles. The lowest BCUT2D eigenvalue weighted by atomic mass is 10.2. The van der Waals surface area contributed by atoms with Crippen LogP contribution in [0.3, 0.4) is 0 Å². The molecular weight excluding hydrogens is 368 g/mol. The zero-order valence-corrected chi connectivity index (χ0v) is 14.7. The van der Waals surface area contributed by atoms with Crippen molar-refractivity contribution < 1.29 is 24.2 Å². The number of amides is 1. The number of hydrogen-bond donors (Lipinski definition) is 1. The molecule has 1 N–H and O–H groups in total. The minimum absolute atomic E-state index is 0.104. The van der Waals surface area contributed by atoms with Gasteiger partial charge in [0.15, 0.2) is 11.5 Å². The molecule has 0 atom stereocenters. The molecule has 0 saturated carbocycles. The number of carbonyl (C=O) groups excluding carboxylic acids is 2. The van der Waals surface area contributed by atoms with Crippen molar-refractivity contribution >= 4 is 41.0 Å². The van der Waals surface area contributed by atoms with E-state index in [-0.39, 0.29) is 22.4 Å². The number of thiophene rings is 1. The second-order valence-electron chi connectivity index (χ2n) is 4.60. The number of nitrogens with zero attached hydrogens (tertiary/aromatic N) is 1. The fourth-order valence-corrected chi connectivity index (χ4v) is 2.71. The Kier molecular flexibility index (Phi) is 6.79. The van der Waals surface area contributed by atoms with Crippen molar-refractivity contribution in [1.82, 2.24) is 5.43 Å². The summed E-state index contributed by atoms with van der Waals surface area (Å²) in [5.74, 6) is -1.33. The number of carbonyl (C=O) groups is 2. The second kappa shape index (κ2) is 9.05. The van der Waals surface area contributed by atoms with Crippen molar-refractivity contribution in [3.63, 3.8) is 0 Å². The molecule has 0 fully saturated rings. The highest BCUT2D eigenvalue weighted by Crippen LogP contribution is 2.36. The molecule has 1 aromatic carbocycles. The van der Waals surface area contributed by atoms with Gasteiger partial charge in [0, 0.05) is 0 Å². The molecule has 7 nitrogen and oxygen atoms in total. The first-order chi connectivity index (χ1) is 12.0. The first-order valence-corrected chi connectivity index (χ1v) is 8.43. The summed E-state index contributed by atoms with van der Waals surface area (Å²) >= 11 is 7.41. The van der Waals surface area contributed by atoms with Crippen molar-refractivity contribution in [3.05, 3.63) is 45.1 Å². The maximum Gasteiger partial charge on any atom is 0.281 e. The van der Waals surface area contributed by atoms with Gasteiger partial charge in [-0.1, -0.05) is 17.7 Å². The fraction of sp³-hybridized carbons (Fsp3) is 0.188.